The average molecular weight is 464 g/mol. The summed E-state index contributed by atoms with van der Waals surface area (Å²) in [6.07, 6.45) is -6.19. The highest BCUT2D eigenvalue weighted by Crippen LogP contribution is 2.30. The Hall–Kier alpha value is -4.04. The predicted molar refractivity (Wildman–Crippen MR) is 118 cm³/mol. The molecule has 1 aliphatic rings. The van der Waals surface area contributed by atoms with Gasteiger partial charge in [0.1, 0.15) is 12.7 Å². The van der Waals surface area contributed by atoms with Gasteiger partial charge < -0.3 is 18.9 Å². The van der Waals surface area contributed by atoms with Crippen LogP contribution in [0.15, 0.2) is 91.0 Å². The molecule has 4 atom stereocenters. The minimum atomic E-state index is -2.10. The van der Waals surface area contributed by atoms with E-state index in [1.807, 2.05) is 0 Å². The number of carbonyl (C=O) groups excluding carboxylic acids is 3. The molecule has 0 radical (unpaired) electrons. The summed E-state index contributed by atoms with van der Waals surface area (Å²) in [5.41, 5.74) is 0.710. The van der Waals surface area contributed by atoms with Gasteiger partial charge in [-0.2, -0.15) is 0 Å². The maximum Gasteiger partial charge on any atom is 0.338 e. The number of hydrogen-bond donors (Lipinski definition) is 0. The Kier molecular flexibility index (Phi) is 7.29. The van der Waals surface area contributed by atoms with Gasteiger partial charge in [-0.3, -0.25) is 0 Å². The van der Waals surface area contributed by atoms with Gasteiger partial charge in [-0.15, -0.1) is 0 Å². The van der Waals surface area contributed by atoms with Crippen molar-refractivity contribution in [2.45, 2.75) is 24.7 Å². The van der Waals surface area contributed by atoms with Gasteiger partial charge in [0, 0.05) is 0 Å². The lowest BCUT2D eigenvalue weighted by Crippen LogP contribution is -2.41. The van der Waals surface area contributed by atoms with Crippen LogP contribution in [0.5, 0.6) is 0 Å². The van der Waals surface area contributed by atoms with E-state index in [4.69, 9.17) is 18.9 Å². The Labute approximate surface area is 195 Å². The van der Waals surface area contributed by atoms with Crippen LogP contribution in [0.2, 0.25) is 0 Å². The van der Waals surface area contributed by atoms with Gasteiger partial charge in [0.05, 0.1) is 16.7 Å². The molecule has 34 heavy (non-hydrogen) atoms. The molecule has 1 aliphatic heterocycles. The van der Waals surface area contributed by atoms with Gasteiger partial charge in [-0.05, 0) is 36.4 Å². The van der Waals surface area contributed by atoms with Crippen molar-refractivity contribution >= 4 is 17.9 Å². The van der Waals surface area contributed by atoms with Crippen LogP contribution in [0, 0.1) is 0 Å². The highest BCUT2D eigenvalue weighted by Gasteiger charge is 2.51. The molecule has 0 aromatic heterocycles. The second-order valence-electron chi connectivity index (χ2n) is 7.46. The van der Waals surface area contributed by atoms with E-state index in [0.29, 0.717) is 5.56 Å². The van der Waals surface area contributed by atoms with E-state index in [2.05, 4.69) is 0 Å². The van der Waals surface area contributed by atoms with Crippen molar-refractivity contribution in [3.63, 3.8) is 0 Å². The standard InChI is InChI=1S/C26H21FO7/c27-23-22(34-26(30)19-14-8-3-9-15-19)21(33-25(29)18-12-6-2-7-13-18)20(32-23)16-31-24(28)17-10-4-1-5-11-17/h1-15,20-23H,16H2/t20-,21-,22-,23+/m1/s1. The largest absolute Gasteiger partial charge is 0.459 e. The predicted octanol–water partition coefficient (Wildman–Crippen LogP) is 3.99. The minimum Gasteiger partial charge on any atom is -0.459 e. The summed E-state index contributed by atoms with van der Waals surface area (Å²) in [4.78, 5) is 37.5. The minimum absolute atomic E-state index is 0.196. The fraction of sp³-hybridized carbons (Fsp3) is 0.192. The first-order chi connectivity index (χ1) is 16.5. The Morgan fingerprint density at radius 2 is 1.06 bits per heavy atom. The average Bonchev–Trinajstić information content (AvgIpc) is 3.17. The first-order valence-electron chi connectivity index (χ1n) is 10.6. The normalized spacial score (nSPS) is 21.4. The molecule has 0 spiro atoms. The van der Waals surface area contributed by atoms with Gasteiger partial charge in [0.15, 0.2) is 12.2 Å². The number of esters is 3. The number of halogens is 1. The molecular weight excluding hydrogens is 443 g/mol. The lowest BCUT2D eigenvalue weighted by atomic mass is 10.1. The van der Waals surface area contributed by atoms with Crippen molar-refractivity contribution in [1.82, 2.24) is 0 Å². The molecule has 3 aromatic carbocycles. The van der Waals surface area contributed by atoms with Gasteiger partial charge in [0.25, 0.3) is 0 Å². The Bertz CT molecular complexity index is 1120. The molecule has 1 fully saturated rings. The first-order valence-corrected chi connectivity index (χ1v) is 10.6. The van der Waals surface area contributed by atoms with Crippen LogP contribution < -0.4 is 0 Å². The highest BCUT2D eigenvalue weighted by molar-refractivity contribution is 5.90. The summed E-state index contributed by atoms with van der Waals surface area (Å²) in [5, 5.41) is 0. The van der Waals surface area contributed by atoms with Crippen LogP contribution >= 0.6 is 0 Å². The van der Waals surface area contributed by atoms with E-state index in [1.165, 1.54) is 24.3 Å². The first kappa shape index (κ1) is 23.1. The quantitative estimate of drug-likeness (QED) is 0.386. The fourth-order valence-corrected chi connectivity index (χ4v) is 3.43. The number of carbonyl (C=O) groups is 3. The summed E-state index contributed by atoms with van der Waals surface area (Å²) in [7, 11) is 0. The molecule has 7 nitrogen and oxygen atoms in total. The Balaban J connectivity index is 1.51. The second-order valence-corrected chi connectivity index (χ2v) is 7.46. The molecule has 1 saturated heterocycles. The topological polar surface area (TPSA) is 88.1 Å². The van der Waals surface area contributed by atoms with E-state index >= 15 is 0 Å². The molecule has 0 amide bonds. The maximum atomic E-state index is 14.8. The smallest absolute Gasteiger partial charge is 0.338 e. The molecule has 4 rings (SSSR count). The summed E-state index contributed by atoms with van der Waals surface area (Å²) in [6, 6.07) is 24.3. The molecule has 0 saturated carbocycles. The van der Waals surface area contributed by atoms with Crippen LogP contribution in [-0.2, 0) is 18.9 Å². The van der Waals surface area contributed by atoms with Crippen LogP contribution in [-0.4, -0.2) is 49.2 Å². The molecule has 3 aromatic rings. The number of alkyl halides is 1. The zero-order chi connectivity index (χ0) is 23.9. The fourth-order valence-electron chi connectivity index (χ4n) is 3.43. The van der Waals surface area contributed by atoms with Crippen LogP contribution in [0.1, 0.15) is 31.1 Å². The number of rotatable bonds is 7. The van der Waals surface area contributed by atoms with Crippen LogP contribution in [0.25, 0.3) is 0 Å². The molecule has 0 bridgehead atoms. The summed E-state index contributed by atoms with van der Waals surface area (Å²) in [5.74, 6) is -2.22. The highest BCUT2D eigenvalue weighted by atomic mass is 19.1. The SMILES string of the molecule is O=C(OC[C@H]1O[C@H](F)[C@H](OC(=O)c2ccccc2)[C@@H]1OC(=O)c1ccccc1)c1ccccc1. The molecule has 0 unspecified atom stereocenters. The molecular formula is C26H21FO7. The summed E-state index contributed by atoms with van der Waals surface area (Å²) >= 11 is 0. The number of benzene rings is 3. The lowest BCUT2D eigenvalue weighted by Gasteiger charge is -2.23. The second kappa shape index (κ2) is 10.7. The maximum absolute atomic E-state index is 14.8. The Morgan fingerprint density at radius 3 is 1.53 bits per heavy atom. The molecule has 0 aliphatic carbocycles. The number of hydrogen-bond acceptors (Lipinski definition) is 7. The van der Waals surface area contributed by atoms with Crippen LogP contribution in [0.3, 0.4) is 0 Å². The monoisotopic (exact) mass is 464 g/mol. The third-order valence-corrected chi connectivity index (χ3v) is 5.15. The lowest BCUT2D eigenvalue weighted by molar-refractivity contribution is -0.0884. The van der Waals surface area contributed by atoms with E-state index in [1.54, 1.807) is 66.7 Å². The third kappa shape index (κ3) is 5.47. The zero-order valence-electron chi connectivity index (χ0n) is 17.9. The Morgan fingerprint density at radius 1 is 0.647 bits per heavy atom. The van der Waals surface area contributed by atoms with Gasteiger partial charge in [0.2, 0.25) is 6.36 Å². The third-order valence-electron chi connectivity index (χ3n) is 5.15. The van der Waals surface area contributed by atoms with Gasteiger partial charge in [-0.1, -0.05) is 54.6 Å². The molecule has 8 heteroatoms. The van der Waals surface area contributed by atoms with E-state index in [0.717, 1.165) is 0 Å². The van der Waals surface area contributed by atoms with Crippen molar-refractivity contribution in [2.75, 3.05) is 6.61 Å². The van der Waals surface area contributed by atoms with Crippen molar-refractivity contribution in [2.24, 2.45) is 0 Å². The van der Waals surface area contributed by atoms with Crippen molar-refractivity contribution < 1.29 is 37.7 Å². The van der Waals surface area contributed by atoms with Crippen molar-refractivity contribution in [3.05, 3.63) is 108 Å². The van der Waals surface area contributed by atoms with E-state index in [9.17, 15) is 18.8 Å². The molecule has 174 valence electrons. The van der Waals surface area contributed by atoms with Crippen molar-refractivity contribution in [1.29, 1.82) is 0 Å². The number of ether oxygens (including phenoxy) is 4. The summed E-state index contributed by atoms with van der Waals surface area (Å²) < 4.78 is 36.2. The van der Waals surface area contributed by atoms with Crippen LogP contribution in [0.4, 0.5) is 4.39 Å². The molecule has 1 heterocycles. The van der Waals surface area contributed by atoms with E-state index < -0.39 is 49.2 Å². The molecule has 0 N–H and O–H groups in total. The zero-order valence-corrected chi connectivity index (χ0v) is 17.9. The van der Waals surface area contributed by atoms with E-state index in [-0.39, 0.29) is 11.1 Å². The van der Waals surface area contributed by atoms with Crippen molar-refractivity contribution in [3.8, 4) is 0 Å². The van der Waals surface area contributed by atoms with Gasteiger partial charge in [-0.25, -0.2) is 18.8 Å². The summed E-state index contributed by atoms with van der Waals surface area (Å²) in [6.45, 7) is -0.416. The van der Waals surface area contributed by atoms with Gasteiger partial charge >= 0.3 is 17.9 Å².